The van der Waals surface area contributed by atoms with Crippen LogP contribution in [0, 0.1) is 0 Å². The fourth-order valence-corrected chi connectivity index (χ4v) is 2.64. The largest absolute Gasteiger partial charge is 0.457 e. The third kappa shape index (κ3) is 5.04. The number of carbonyl (C=O) groups excluding carboxylic acids is 1. The number of aromatic nitrogens is 3. The zero-order chi connectivity index (χ0) is 19.9. The minimum absolute atomic E-state index is 0.136. The van der Waals surface area contributed by atoms with Crippen LogP contribution in [-0.4, -0.2) is 21.1 Å². The molecular weight excluding hydrogens is 368 g/mol. The Kier molecular flexibility index (Phi) is 5.57. The van der Waals surface area contributed by atoms with Gasteiger partial charge in [-0.15, -0.1) is 10.2 Å². The summed E-state index contributed by atoms with van der Waals surface area (Å²) in [7, 11) is 0. The standard InChI is InChI=1S/C22H18N4O3/c27-20(12-13-21-25-26-22(29-21)16-5-4-14-23-15-16)24-17-8-10-19(11-9-17)28-18-6-2-1-3-7-18/h1-11,14-15H,12-13H2,(H,24,27). The number of nitrogens with one attached hydrogen (secondary N) is 1. The number of benzene rings is 2. The van der Waals surface area contributed by atoms with E-state index in [0.717, 1.165) is 11.3 Å². The third-order valence-corrected chi connectivity index (χ3v) is 4.06. The van der Waals surface area contributed by atoms with E-state index in [1.807, 2.05) is 36.4 Å². The van der Waals surface area contributed by atoms with Gasteiger partial charge in [0.15, 0.2) is 0 Å². The lowest BCUT2D eigenvalue weighted by atomic mass is 10.2. The highest BCUT2D eigenvalue weighted by atomic mass is 16.5. The highest BCUT2D eigenvalue weighted by molar-refractivity contribution is 5.90. The zero-order valence-electron chi connectivity index (χ0n) is 15.5. The molecule has 4 rings (SSSR count). The van der Waals surface area contributed by atoms with Crippen LogP contribution >= 0.6 is 0 Å². The van der Waals surface area contributed by atoms with Gasteiger partial charge in [0.1, 0.15) is 11.5 Å². The van der Waals surface area contributed by atoms with Gasteiger partial charge in [0.05, 0.1) is 5.56 Å². The van der Waals surface area contributed by atoms with Gasteiger partial charge >= 0.3 is 0 Å². The van der Waals surface area contributed by atoms with Crippen LogP contribution in [0.4, 0.5) is 5.69 Å². The molecule has 1 N–H and O–H groups in total. The number of hydrogen-bond donors (Lipinski definition) is 1. The molecule has 7 heteroatoms. The number of rotatable bonds is 7. The topological polar surface area (TPSA) is 90.1 Å². The van der Waals surface area contributed by atoms with Gasteiger partial charge in [0.25, 0.3) is 0 Å². The zero-order valence-corrected chi connectivity index (χ0v) is 15.5. The molecule has 2 aromatic heterocycles. The Hall–Kier alpha value is -4.00. The predicted octanol–water partition coefficient (Wildman–Crippen LogP) is 4.50. The molecule has 2 aromatic carbocycles. The van der Waals surface area contributed by atoms with Crippen LogP contribution in [0.3, 0.4) is 0 Å². The smallest absolute Gasteiger partial charge is 0.249 e. The fraction of sp³-hybridized carbons (Fsp3) is 0.0909. The van der Waals surface area contributed by atoms with Crippen molar-refractivity contribution in [2.24, 2.45) is 0 Å². The van der Waals surface area contributed by atoms with E-state index in [4.69, 9.17) is 9.15 Å². The second kappa shape index (κ2) is 8.79. The SMILES string of the molecule is O=C(CCc1nnc(-c2cccnc2)o1)Nc1ccc(Oc2ccccc2)cc1. The van der Waals surface area contributed by atoms with Crippen LogP contribution in [0.2, 0.25) is 0 Å². The number of ether oxygens (including phenoxy) is 1. The first-order valence-electron chi connectivity index (χ1n) is 9.12. The van der Waals surface area contributed by atoms with Crippen LogP contribution in [-0.2, 0) is 11.2 Å². The van der Waals surface area contributed by atoms with Gasteiger partial charge in [-0.05, 0) is 48.5 Å². The average molecular weight is 386 g/mol. The summed E-state index contributed by atoms with van der Waals surface area (Å²) < 4.78 is 11.3. The first-order chi connectivity index (χ1) is 14.3. The molecule has 29 heavy (non-hydrogen) atoms. The lowest BCUT2D eigenvalue weighted by molar-refractivity contribution is -0.116. The van der Waals surface area contributed by atoms with E-state index in [-0.39, 0.29) is 12.3 Å². The van der Waals surface area contributed by atoms with Crippen molar-refractivity contribution < 1.29 is 13.9 Å². The van der Waals surface area contributed by atoms with Crippen molar-refractivity contribution in [2.45, 2.75) is 12.8 Å². The van der Waals surface area contributed by atoms with E-state index in [0.29, 0.717) is 29.6 Å². The van der Waals surface area contributed by atoms with Crippen molar-refractivity contribution in [1.29, 1.82) is 0 Å². The van der Waals surface area contributed by atoms with Gasteiger partial charge in [-0.3, -0.25) is 9.78 Å². The molecule has 0 radical (unpaired) electrons. The number of aryl methyl sites for hydroxylation is 1. The molecule has 0 bridgehead atoms. The molecule has 0 spiro atoms. The van der Waals surface area contributed by atoms with Gasteiger partial charge in [-0.25, -0.2) is 0 Å². The normalized spacial score (nSPS) is 10.5. The van der Waals surface area contributed by atoms with Gasteiger partial charge in [0.2, 0.25) is 17.7 Å². The lowest BCUT2D eigenvalue weighted by Gasteiger charge is -2.07. The van der Waals surface area contributed by atoms with Crippen LogP contribution in [0.15, 0.2) is 83.5 Å². The van der Waals surface area contributed by atoms with Gasteiger partial charge in [-0.1, -0.05) is 18.2 Å². The molecule has 4 aromatic rings. The summed E-state index contributed by atoms with van der Waals surface area (Å²) in [5.74, 6) is 2.12. The molecule has 0 fully saturated rings. The van der Waals surface area contributed by atoms with Crippen molar-refractivity contribution in [2.75, 3.05) is 5.32 Å². The molecule has 0 aliphatic carbocycles. The monoisotopic (exact) mass is 386 g/mol. The number of hydrogen-bond acceptors (Lipinski definition) is 6. The Morgan fingerprint density at radius 1 is 0.931 bits per heavy atom. The summed E-state index contributed by atoms with van der Waals surface area (Å²) in [5.41, 5.74) is 1.44. The number of carbonyl (C=O) groups is 1. The minimum atomic E-state index is -0.136. The van der Waals surface area contributed by atoms with Crippen molar-refractivity contribution in [3.05, 3.63) is 85.0 Å². The molecule has 0 unspecified atom stereocenters. The molecule has 0 saturated heterocycles. The molecule has 0 saturated carbocycles. The molecule has 144 valence electrons. The van der Waals surface area contributed by atoms with E-state index < -0.39 is 0 Å². The van der Waals surface area contributed by atoms with Crippen LogP contribution < -0.4 is 10.1 Å². The number of nitrogens with zero attached hydrogens (tertiary/aromatic N) is 3. The van der Waals surface area contributed by atoms with Gasteiger partial charge in [0, 0.05) is 30.9 Å². The Balaban J connectivity index is 1.28. The van der Waals surface area contributed by atoms with Crippen molar-refractivity contribution in [3.63, 3.8) is 0 Å². The van der Waals surface area contributed by atoms with Crippen LogP contribution in [0.5, 0.6) is 11.5 Å². The van der Waals surface area contributed by atoms with Crippen molar-refractivity contribution in [3.8, 4) is 23.0 Å². The molecular formula is C22H18N4O3. The average Bonchev–Trinajstić information content (AvgIpc) is 3.24. The molecule has 7 nitrogen and oxygen atoms in total. The third-order valence-electron chi connectivity index (χ3n) is 4.06. The summed E-state index contributed by atoms with van der Waals surface area (Å²) in [6.45, 7) is 0. The Morgan fingerprint density at radius 3 is 2.48 bits per heavy atom. The molecule has 0 atom stereocenters. The van der Waals surface area contributed by atoms with E-state index >= 15 is 0 Å². The number of amides is 1. The summed E-state index contributed by atoms with van der Waals surface area (Å²) in [5, 5.41) is 10.8. The van der Waals surface area contributed by atoms with Gasteiger partial charge < -0.3 is 14.5 Å². The molecule has 2 heterocycles. The summed E-state index contributed by atoms with van der Waals surface area (Å²) >= 11 is 0. The quantitative estimate of drug-likeness (QED) is 0.503. The van der Waals surface area contributed by atoms with Crippen LogP contribution in [0.25, 0.3) is 11.5 Å². The van der Waals surface area contributed by atoms with E-state index in [1.165, 1.54) is 0 Å². The maximum atomic E-state index is 12.2. The first kappa shape index (κ1) is 18.4. The van der Waals surface area contributed by atoms with Gasteiger partial charge in [-0.2, -0.15) is 0 Å². The van der Waals surface area contributed by atoms with E-state index in [9.17, 15) is 4.79 Å². The first-order valence-corrected chi connectivity index (χ1v) is 9.12. The minimum Gasteiger partial charge on any atom is -0.457 e. The number of para-hydroxylation sites is 1. The maximum Gasteiger partial charge on any atom is 0.249 e. The predicted molar refractivity (Wildman–Crippen MR) is 107 cm³/mol. The second-order valence-corrected chi connectivity index (χ2v) is 6.23. The van der Waals surface area contributed by atoms with E-state index in [2.05, 4.69) is 20.5 Å². The Labute approximate surface area is 167 Å². The van der Waals surface area contributed by atoms with Crippen LogP contribution in [0.1, 0.15) is 12.3 Å². The lowest BCUT2D eigenvalue weighted by Crippen LogP contribution is -2.12. The number of pyridine rings is 1. The van der Waals surface area contributed by atoms with Crippen molar-refractivity contribution in [1.82, 2.24) is 15.2 Å². The molecule has 0 aliphatic rings. The molecule has 1 amide bonds. The maximum absolute atomic E-state index is 12.2. The Morgan fingerprint density at radius 2 is 1.72 bits per heavy atom. The Bertz CT molecular complexity index is 1060. The van der Waals surface area contributed by atoms with Crippen molar-refractivity contribution >= 4 is 11.6 Å². The fourth-order valence-electron chi connectivity index (χ4n) is 2.64. The number of anilines is 1. The summed E-state index contributed by atoms with van der Waals surface area (Å²) in [6.07, 6.45) is 3.91. The highest BCUT2D eigenvalue weighted by Gasteiger charge is 2.11. The molecule has 0 aliphatic heterocycles. The highest BCUT2D eigenvalue weighted by Crippen LogP contribution is 2.23. The second-order valence-electron chi connectivity index (χ2n) is 6.23. The summed E-state index contributed by atoms with van der Waals surface area (Å²) in [4.78, 5) is 16.2. The summed E-state index contributed by atoms with van der Waals surface area (Å²) in [6, 6.07) is 20.3. The van der Waals surface area contributed by atoms with E-state index in [1.54, 1.807) is 42.7 Å².